The topological polar surface area (TPSA) is 3.24 Å². The number of hydrogen-bond donors (Lipinski definition) is 0. The second-order valence-electron chi connectivity index (χ2n) is 11.8. The number of benzene rings is 8. The zero-order valence-corrected chi connectivity index (χ0v) is 25.9. The summed E-state index contributed by atoms with van der Waals surface area (Å²) < 4.78 is 2.66. The second kappa shape index (κ2) is 11.0. The molecule has 8 aromatic carbocycles. The summed E-state index contributed by atoms with van der Waals surface area (Å²) in [6, 6.07) is 64.0. The molecule has 0 radical (unpaired) electrons. The van der Waals surface area contributed by atoms with E-state index >= 15 is 0 Å². The lowest BCUT2D eigenvalue weighted by atomic mass is 10.0. The molecule has 216 valence electrons. The van der Waals surface area contributed by atoms with Crippen LogP contribution in [0.4, 0.5) is 17.1 Å². The molecular formula is C44H29NS. The highest BCUT2D eigenvalue weighted by Gasteiger charge is 2.15. The highest BCUT2D eigenvalue weighted by atomic mass is 32.1. The van der Waals surface area contributed by atoms with Crippen LogP contribution in [0.25, 0.3) is 64.0 Å². The number of hydrogen-bond acceptors (Lipinski definition) is 2. The fraction of sp³-hybridized carbons (Fsp3) is 0. The van der Waals surface area contributed by atoms with Crippen LogP contribution in [0.3, 0.4) is 0 Å². The van der Waals surface area contributed by atoms with Crippen molar-refractivity contribution in [1.29, 1.82) is 0 Å². The van der Waals surface area contributed by atoms with Gasteiger partial charge in [0.1, 0.15) is 0 Å². The van der Waals surface area contributed by atoms with Gasteiger partial charge in [0.25, 0.3) is 0 Å². The Hall–Kier alpha value is -5.70. The summed E-state index contributed by atoms with van der Waals surface area (Å²) in [7, 11) is 0. The van der Waals surface area contributed by atoms with E-state index in [9.17, 15) is 0 Å². The van der Waals surface area contributed by atoms with E-state index in [0.717, 1.165) is 17.1 Å². The lowest BCUT2D eigenvalue weighted by molar-refractivity contribution is 1.29. The van der Waals surface area contributed by atoms with Gasteiger partial charge in [-0.3, -0.25) is 0 Å². The number of nitrogens with zero attached hydrogens (tertiary/aromatic N) is 1. The van der Waals surface area contributed by atoms with E-state index in [0.29, 0.717) is 0 Å². The third-order valence-corrected chi connectivity index (χ3v) is 10.2. The number of thiophene rings is 1. The van der Waals surface area contributed by atoms with Crippen molar-refractivity contribution in [3.63, 3.8) is 0 Å². The van der Waals surface area contributed by atoms with Gasteiger partial charge in [0.15, 0.2) is 0 Å². The monoisotopic (exact) mass is 603 g/mol. The Morgan fingerprint density at radius 3 is 1.61 bits per heavy atom. The van der Waals surface area contributed by atoms with E-state index in [2.05, 4.69) is 181 Å². The van der Waals surface area contributed by atoms with Crippen molar-refractivity contribution in [3.05, 3.63) is 176 Å². The SMILES string of the molecule is c1ccc(-c2ccc(N(c3ccc(-c4ccc5c(c4)sc4ccccc45)cc3)c3ccc4c(ccc5ccccc54)c3)cc2)cc1. The van der Waals surface area contributed by atoms with E-state index in [1.54, 1.807) is 0 Å². The fourth-order valence-corrected chi connectivity index (χ4v) is 7.87. The average Bonchev–Trinajstić information content (AvgIpc) is 3.50. The predicted molar refractivity (Wildman–Crippen MR) is 200 cm³/mol. The summed E-state index contributed by atoms with van der Waals surface area (Å²) in [6.45, 7) is 0. The summed E-state index contributed by atoms with van der Waals surface area (Å²) >= 11 is 1.87. The Labute approximate surface area is 272 Å². The van der Waals surface area contributed by atoms with E-state index in [4.69, 9.17) is 0 Å². The molecule has 0 aliphatic carbocycles. The fourth-order valence-electron chi connectivity index (χ4n) is 6.73. The van der Waals surface area contributed by atoms with Gasteiger partial charge in [-0.05, 0) is 92.3 Å². The summed E-state index contributed by atoms with van der Waals surface area (Å²) in [4.78, 5) is 2.36. The van der Waals surface area contributed by atoms with Crippen LogP contribution in [-0.4, -0.2) is 0 Å². The molecule has 46 heavy (non-hydrogen) atoms. The van der Waals surface area contributed by atoms with Gasteiger partial charge in [-0.1, -0.05) is 127 Å². The smallest absolute Gasteiger partial charge is 0.0468 e. The average molecular weight is 604 g/mol. The first-order valence-corrected chi connectivity index (χ1v) is 16.5. The molecule has 0 saturated carbocycles. The molecule has 1 heterocycles. The Kier molecular flexibility index (Phi) is 6.40. The zero-order valence-electron chi connectivity index (χ0n) is 25.1. The third-order valence-electron chi connectivity index (χ3n) is 9.06. The van der Waals surface area contributed by atoms with Crippen molar-refractivity contribution >= 4 is 70.1 Å². The van der Waals surface area contributed by atoms with Crippen molar-refractivity contribution in [2.24, 2.45) is 0 Å². The molecular weight excluding hydrogens is 575 g/mol. The Bertz CT molecular complexity index is 2510. The van der Waals surface area contributed by atoms with Crippen LogP contribution in [0.1, 0.15) is 0 Å². The van der Waals surface area contributed by atoms with Gasteiger partial charge in [-0.2, -0.15) is 0 Å². The minimum atomic E-state index is 1.12. The highest BCUT2D eigenvalue weighted by Crippen LogP contribution is 2.40. The molecule has 9 aromatic rings. The van der Waals surface area contributed by atoms with Crippen molar-refractivity contribution < 1.29 is 0 Å². The lowest BCUT2D eigenvalue weighted by Crippen LogP contribution is -2.09. The van der Waals surface area contributed by atoms with Crippen LogP contribution in [-0.2, 0) is 0 Å². The highest BCUT2D eigenvalue weighted by molar-refractivity contribution is 7.25. The first kappa shape index (κ1) is 26.7. The predicted octanol–water partition coefficient (Wildman–Crippen LogP) is 13.2. The molecule has 0 atom stereocenters. The molecule has 0 saturated heterocycles. The summed E-state index contributed by atoms with van der Waals surface area (Å²) in [5, 5.41) is 7.71. The second-order valence-corrected chi connectivity index (χ2v) is 12.9. The van der Waals surface area contributed by atoms with Crippen molar-refractivity contribution in [3.8, 4) is 22.3 Å². The Morgan fingerprint density at radius 1 is 0.304 bits per heavy atom. The molecule has 2 heteroatoms. The Balaban J connectivity index is 1.13. The maximum Gasteiger partial charge on any atom is 0.0468 e. The van der Waals surface area contributed by atoms with Gasteiger partial charge in [0.05, 0.1) is 0 Å². The van der Waals surface area contributed by atoms with Crippen LogP contribution >= 0.6 is 11.3 Å². The summed E-state index contributed by atoms with van der Waals surface area (Å²) in [5.41, 5.74) is 8.27. The molecule has 0 bridgehead atoms. The molecule has 0 aliphatic heterocycles. The molecule has 0 fully saturated rings. The van der Waals surface area contributed by atoms with Crippen LogP contribution in [0.15, 0.2) is 176 Å². The van der Waals surface area contributed by atoms with E-state index in [1.165, 1.54) is 64.0 Å². The normalized spacial score (nSPS) is 11.5. The Morgan fingerprint density at radius 2 is 0.826 bits per heavy atom. The number of anilines is 3. The molecule has 0 unspecified atom stereocenters. The van der Waals surface area contributed by atoms with Crippen molar-refractivity contribution in [2.45, 2.75) is 0 Å². The first-order chi connectivity index (χ1) is 22.8. The molecule has 0 amide bonds. The minimum absolute atomic E-state index is 1.12. The maximum absolute atomic E-state index is 2.36. The van der Waals surface area contributed by atoms with Gasteiger partial charge in [-0.25, -0.2) is 0 Å². The maximum atomic E-state index is 2.36. The van der Waals surface area contributed by atoms with Crippen molar-refractivity contribution in [2.75, 3.05) is 4.90 Å². The molecule has 1 aromatic heterocycles. The molecule has 9 rings (SSSR count). The molecule has 0 N–H and O–H groups in total. The van der Waals surface area contributed by atoms with Crippen LogP contribution in [0.2, 0.25) is 0 Å². The lowest BCUT2D eigenvalue weighted by Gasteiger charge is -2.26. The van der Waals surface area contributed by atoms with E-state index in [1.807, 2.05) is 11.3 Å². The third kappa shape index (κ3) is 4.63. The quantitative estimate of drug-likeness (QED) is 0.177. The van der Waals surface area contributed by atoms with E-state index in [-0.39, 0.29) is 0 Å². The van der Waals surface area contributed by atoms with Crippen LogP contribution < -0.4 is 4.90 Å². The van der Waals surface area contributed by atoms with Crippen molar-refractivity contribution in [1.82, 2.24) is 0 Å². The van der Waals surface area contributed by atoms with Crippen LogP contribution in [0.5, 0.6) is 0 Å². The van der Waals surface area contributed by atoms with Crippen LogP contribution in [0, 0.1) is 0 Å². The van der Waals surface area contributed by atoms with E-state index < -0.39 is 0 Å². The minimum Gasteiger partial charge on any atom is -0.310 e. The molecule has 1 nitrogen and oxygen atoms in total. The van der Waals surface area contributed by atoms with Gasteiger partial charge in [0.2, 0.25) is 0 Å². The number of fused-ring (bicyclic) bond motifs is 6. The largest absolute Gasteiger partial charge is 0.310 e. The first-order valence-electron chi connectivity index (χ1n) is 15.7. The number of rotatable bonds is 5. The molecule has 0 aliphatic rings. The van der Waals surface area contributed by atoms with Gasteiger partial charge < -0.3 is 4.90 Å². The van der Waals surface area contributed by atoms with Gasteiger partial charge in [0, 0.05) is 37.2 Å². The zero-order chi connectivity index (χ0) is 30.5. The molecule has 0 spiro atoms. The van der Waals surface area contributed by atoms with Gasteiger partial charge >= 0.3 is 0 Å². The standard InChI is InChI=1S/C44H29NS/c1-2-8-30(9-3-1)31-16-21-36(22-17-31)45(38-25-27-40-35(28-38)15-14-33-10-4-5-11-39(33)40)37-23-18-32(19-24-37)34-20-26-42-41-12-6-7-13-43(41)46-44(42)29-34/h1-29H. The summed E-state index contributed by atoms with van der Waals surface area (Å²) in [5.74, 6) is 0. The summed E-state index contributed by atoms with van der Waals surface area (Å²) in [6.07, 6.45) is 0. The van der Waals surface area contributed by atoms with Gasteiger partial charge in [-0.15, -0.1) is 11.3 Å².